The molecule has 0 aliphatic rings. The number of carbonyl (C=O) groups excluding carboxylic acids is 1. The number of ketones is 1. The fourth-order valence-corrected chi connectivity index (χ4v) is 3.19. The van der Waals surface area contributed by atoms with Crippen molar-refractivity contribution in [1.29, 1.82) is 0 Å². The van der Waals surface area contributed by atoms with Crippen molar-refractivity contribution in [3.8, 4) is 0 Å². The van der Waals surface area contributed by atoms with E-state index in [0.29, 0.717) is 16.1 Å². The molecule has 0 aliphatic heterocycles. The number of rotatable bonds is 5. The van der Waals surface area contributed by atoms with Crippen LogP contribution in [0.4, 0.5) is 0 Å². The van der Waals surface area contributed by atoms with Crippen LogP contribution in [0.3, 0.4) is 0 Å². The average molecular weight is 339 g/mol. The first-order valence-corrected chi connectivity index (χ1v) is 8.66. The Kier molecular flexibility index (Phi) is 5.16. The molecule has 0 bridgehead atoms. The first kappa shape index (κ1) is 15.9. The van der Waals surface area contributed by atoms with Gasteiger partial charge in [-0.05, 0) is 54.1 Å². The molecular weight excluding hydrogens is 324 g/mol. The molecule has 0 fully saturated rings. The normalized spacial score (nSPS) is 10.5. The maximum atomic E-state index is 12.4. The molecule has 3 rings (SSSR count). The van der Waals surface area contributed by atoms with Crippen LogP contribution >= 0.6 is 23.4 Å². The van der Waals surface area contributed by atoms with Gasteiger partial charge in [-0.15, -0.1) is 11.8 Å². The van der Waals surface area contributed by atoms with Gasteiger partial charge in [0.1, 0.15) is 0 Å². The second-order valence-corrected chi connectivity index (χ2v) is 6.62. The molecule has 0 unspecified atom stereocenters. The molecule has 0 aromatic heterocycles. The van der Waals surface area contributed by atoms with Gasteiger partial charge >= 0.3 is 0 Å². The monoisotopic (exact) mass is 338 g/mol. The van der Waals surface area contributed by atoms with Crippen molar-refractivity contribution in [2.45, 2.75) is 10.6 Å². The highest BCUT2D eigenvalue weighted by Gasteiger charge is 2.08. The summed E-state index contributed by atoms with van der Waals surface area (Å²) in [6.45, 7) is 0. The van der Waals surface area contributed by atoms with Crippen LogP contribution in [0, 0.1) is 0 Å². The van der Waals surface area contributed by atoms with E-state index in [9.17, 15) is 4.79 Å². The van der Waals surface area contributed by atoms with E-state index >= 15 is 0 Å². The highest BCUT2D eigenvalue weighted by atomic mass is 35.5. The summed E-state index contributed by atoms with van der Waals surface area (Å²) in [6.07, 6.45) is 0. The Hall–Kier alpha value is -2.03. The van der Waals surface area contributed by atoms with E-state index in [1.165, 1.54) is 5.56 Å². The summed E-state index contributed by atoms with van der Waals surface area (Å²) in [6, 6.07) is 25.1. The lowest BCUT2D eigenvalue weighted by atomic mass is 10.0. The number of halogens is 1. The molecule has 0 atom stereocenters. The molecule has 0 amide bonds. The van der Waals surface area contributed by atoms with E-state index in [1.54, 1.807) is 36.0 Å². The Bertz CT molecular complexity index is 780. The van der Waals surface area contributed by atoms with Gasteiger partial charge in [0.25, 0.3) is 0 Å². The Labute approximate surface area is 145 Å². The molecule has 0 aliphatic carbocycles. The number of hydrogen-bond donors (Lipinski definition) is 0. The summed E-state index contributed by atoms with van der Waals surface area (Å²) in [7, 11) is 0. The number of hydrogen-bond acceptors (Lipinski definition) is 2. The van der Waals surface area contributed by atoms with Crippen molar-refractivity contribution in [2.75, 3.05) is 0 Å². The lowest BCUT2D eigenvalue weighted by Crippen LogP contribution is -2.00. The van der Waals surface area contributed by atoms with Gasteiger partial charge in [0.15, 0.2) is 5.78 Å². The fraction of sp³-hybridized carbons (Fsp3) is 0.0500. The minimum atomic E-state index is 0.0151. The molecule has 114 valence electrons. The standard InChI is InChI=1S/C20H15ClOS/c21-18-10-6-16(7-11-18)20(22)17-8-12-19(13-9-17)23-14-15-4-2-1-3-5-15/h1-13H,14H2. The average Bonchev–Trinajstić information content (AvgIpc) is 2.61. The van der Waals surface area contributed by atoms with Gasteiger partial charge in [0, 0.05) is 26.8 Å². The van der Waals surface area contributed by atoms with Gasteiger partial charge in [0.05, 0.1) is 0 Å². The van der Waals surface area contributed by atoms with Gasteiger partial charge in [0.2, 0.25) is 0 Å². The Morgan fingerprint density at radius 3 is 1.96 bits per heavy atom. The van der Waals surface area contributed by atoms with Crippen LogP contribution in [0.5, 0.6) is 0 Å². The van der Waals surface area contributed by atoms with Crippen molar-refractivity contribution in [3.05, 3.63) is 101 Å². The number of benzene rings is 3. The summed E-state index contributed by atoms with van der Waals surface area (Å²) in [5.41, 5.74) is 2.63. The van der Waals surface area contributed by atoms with Gasteiger partial charge in [-0.2, -0.15) is 0 Å². The Balaban J connectivity index is 1.67. The smallest absolute Gasteiger partial charge is 0.193 e. The molecular formula is C20H15ClOS. The molecule has 23 heavy (non-hydrogen) atoms. The largest absolute Gasteiger partial charge is 0.289 e. The minimum absolute atomic E-state index is 0.0151. The third-order valence-corrected chi connectivity index (χ3v) is 4.81. The van der Waals surface area contributed by atoms with Gasteiger partial charge < -0.3 is 0 Å². The van der Waals surface area contributed by atoms with Crippen molar-refractivity contribution < 1.29 is 4.79 Å². The second kappa shape index (κ2) is 7.49. The Morgan fingerprint density at radius 2 is 1.35 bits per heavy atom. The summed E-state index contributed by atoms with van der Waals surface area (Å²) in [4.78, 5) is 13.6. The lowest BCUT2D eigenvalue weighted by molar-refractivity contribution is 0.103. The molecule has 0 N–H and O–H groups in total. The summed E-state index contributed by atoms with van der Waals surface area (Å²) in [5, 5.41) is 0.634. The van der Waals surface area contributed by atoms with Crippen LogP contribution in [0.2, 0.25) is 5.02 Å². The first-order valence-electron chi connectivity index (χ1n) is 7.29. The van der Waals surface area contributed by atoms with Crippen LogP contribution in [-0.2, 0) is 5.75 Å². The third kappa shape index (κ3) is 4.25. The molecule has 3 heteroatoms. The maximum Gasteiger partial charge on any atom is 0.193 e. The van der Waals surface area contributed by atoms with Crippen LogP contribution in [0.25, 0.3) is 0 Å². The van der Waals surface area contributed by atoms with Crippen LogP contribution < -0.4 is 0 Å². The van der Waals surface area contributed by atoms with Crippen LogP contribution in [0.1, 0.15) is 21.5 Å². The van der Waals surface area contributed by atoms with E-state index in [2.05, 4.69) is 12.1 Å². The third-order valence-electron chi connectivity index (χ3n) is 3.47. The summed E-state index contributed by atoms with van der Waals surface area (Å²) >= 11 is 7.62. The van der Waals surface area contributed by atoms with E-state index in [0.717, 1.165) is 10.6 Å². The van der Waals surface area contributed by atoms with E-state index in [4.69, 9.17) is 11.6 Å². The molecule has 0 radical (unpaired) electrons. The number of carbonyl (C=O) groups is 1. The first-order chi connectivity index (χ1) is 11.2. The van der Waals surface area contributed by atoms with E-state index in [-0.39, 0.29) is 5.78 Å². The predicted molar refractivity (Wildman–Crippen MR) is 97.3 cm³/mol. The van der Waals surface area contributed by atoms with Gasteiger partial charge in [-0.1, -0.05) is 41.9 Å². The Morgan fingerprint density at radius 1 is 0.783 bits per heavy atom. The minimum Gasteiger partial charge on any atom is -0.289 e. The zero-order chi connectivity index (χ0) is 16.1. The van der Waals surface area contributed by atoms with Crippen molar-refractivity contribution >= 4 is 29.1 Å². The highest BCUT2D eigenvalue weighted by Crippen LogP contribution is 2.23. The molecule has 0 spiro atoms. The zero-order valence-electron chi connectivity index (χ0n) is 12.4. The SMILES string of the molecule is O=C(c1ccc(Cl)cc1)c1ccc(SCc2ccccc2)cc1. The van der Waals surface area contributed by atoms with E-state index < -0.39 is 0 Å². The molecule has 0 saturated heterocycles. The topological polar surface area (TPSA) is 17.1 Å². The summed E-state index contributed by atoms with van der Waals surface area (Å²) < 4.78 is 0. The molecule has 0 heterocycles. The van der Waals surface area contributed by atoms with Gasteiger partial charge in [-0.3, -0.25) is 4.79 Å². The maximum absolute atomic E-state index is 12.4. The van der Waals surface area contributed by atoms with E-state index in [1.807, 2.05) is 42.5 Å². The van der Waals surface area contributed by atoms with Crippen LogP contribution in [-0.4, -0.2) is 5.78 Å². The molecule has 3 aromatic rings. The second-order valence-electron chi connectivity index (χ2n) is 5.13. The fourth-order valence-electron chi connectivity index (χ4n) is 2.21. The molecule has 3 aromatic carbocycles. The lowest BCUT2D eigenvalue weighted by Gasteiger charge is -2.05. The molecule has 0 saturated carbocycles. The highest BCUT2D eigenvalue weighted by molar-refractivity contribution is 7.98. The van der Waals surface area contributed by atoms with Crippen molar-refractivity contribution in [2.24, 2.45) is 0 Å². The van der Waals surface area contributed by atoms with Gasteiger partial charge in [-0.25, -0.2) is 0 Å². The summed E-state index contributed by atoms with van der Waals surface area (Å²) in [5.74, 6) is 0.937. The molecule has 1 nitrogen and oxygen atoms in total. The predicted octanol–water partition coefficient (Wildman–Crippen LogP) is 5.86. The zero-order valence-corrected chi connectivity index (χ0v) is 14.0. The van der Waals surface area contributed by atoms with Crippen molar-refractivity contribution in [3.63, 3.8) is 0 Å². The van der Waals surface area contributed by atoms with Crippen molar-refractivity contribution in [1.82, 2.24) is 0 Å². The number of thioether (sulfide) groups is 1. The van der Waals surface area contributed by atoms with Crippen LogP contribution in [0.15, 0.2) is 83.8 Å². The quantitative estimate of drug-likeness (QED) is 0.428.